The first-order valence-corrected chi connectivity index (χ1v) is 18.9. The molecule has 274 valence electrons. The second-order valence-electron chi connectivity index (χ2n) is 13.8. The van der Waals surface area contributed by atoms with Crippen LogP contribution in [-0.2, 0) is 35.2 Å². The van der Waals surface area contributed by atoms with Crippen molar-refractivity contribution in [2.75, 3.05) is 19.7 Å². The summed E-state index contributed by atoms with van der Waals surface area (Å²) in [5.74, 6) is -3.23. The average molecular weight is 765 g/mol. The molecule has 2 N–H and O–H groups in total. The van der Waals surface area contributed by atoms with Crippen molar-refractivity contribution in [2.24, 2.45) is 11.8 Å². The number of amides is 3. The minimum atomic E-state index is -1.25. The summed E-state index contributed by atoms with van der Waals surface area (Å²) in [4.78, 5) is 59.6. The van der Waals surface area contributed by atoms with Crippen molar-refractivity contribution in [2.45, 2.75) is 93.1 Å². The van der Waals surface area contributed by atoms with Crippen LogP contribution in [0, 0.1) is 11.8 Å². The van der Waals surface area contributed by atoms with Crippen LogP contribution in [0.5, 0.6) is 0 Å². The van der Waals surface area contributed by atoms with Gasteiger partial charge in [-0.1, -0.05) is 102 Å². The third kappa shape index (κ3) is 8.31. The number of rotatable bonds is 19. The van der Waals surface area contributed by atoms with Gasteiger partial charge in [0.25, 0.3) is 0 Å². The van der Waals surface area contributed by atoms with Gasteiger partial charge in [0, 0.05) is 37.5 Å². The standard InChI is InChI=1S/C40H50BrN3O7/c1-4-6-21-31(46)42-27(3)34(29-19-13-10-14-20-29)50-39(49)32-33-37(47)44(23-15-7-8-16-24-45)36(40(33)25-30(41)35(32)51-40)38(48)43(22-5-2)26-28-17-11-9-12-18-28/h4-5,9-14,17-20,27,30,32-36,45H,1-2,6-8,15-16,21-26H2,3H3,(H,42,46)/t27-,30?,32+,33-,34-,35+,36+,40-/m0/s1. The zero-order chi connectivity index (χ0) is 36.5. The van der Waals surface area contributed by atoms with Gasteiger partial charge in [-0.3, -0.25) is 19.2 Å². The molecular formula is C40H50BrN3O7. The molecule has 10 nitrogen and oxygen atoms in total. The molecule has 2 aromatic carbocycles. The topological polar surface area (TPSA) is 125 Å². The van der Waals surface area contributed by atoms with Gasteiger partial charge >= 0.3 is 5.97 Å². The van der Waals surface area contributed by atoms with E-state index in [4.69, 9.17) is 9.47 Å². The number of allylic oxidation sites excluding steroid dienone is 1. The Labute approximate surface area is 309 Å². The lowest BCUT2D eigenvalue weighted by Crippen LogP contribution is -2.56. The summed E-state index contributed by atoms with van der Waals surface area (Å²) in [6, 6.07) is 17.4. The molecule has 3 heterocycles. The zero-order valence-corrected chi connectivity index (χ0v) is 30.9. The fourth-order valence-electron chi connectivity index (χ4n) is 7.97. The number of fused-ring (bicyclic) bond motifs is 1. The van der Waals surface area contributed by atoms with Crippen molar-refractivity contribution in [3.8, 4) is 0 Å². The number of benzene rings is 2. The first-order chi connectivity index (χ1) is 24.7. The molecule has 3 fully saturated rings. The highest BCUT2D eigenvalue weighted by molar-refractivity contribution is 9.09. The number of carbonyl (C=O) groups excluding carboxylic acids is 4. The SMILES string of the molecule is C=CCCC(=O)N[C@@H](C)[C@H](OC(=O)[C@H]1[C@@H]2O[C@@]3(CC2Br)[C@@H]1C(=O)N(CCCCCCO)[C@@H]3C(=O)N(CC=C)Cc1ccccc1)c1ccccc1. The molecule has 2 aromatic rings. The van der Waals surface area contributed by atoms with Crippen LogP contribution in [-0.4, -0.2) is 86.9 Å². The van der Waals surface area contributed by atoms with Crippen molar-refractivity contribution in [1.29, 1.82) is 0 Å². The molecule has 3 aliphatic heterocycles. The number of hydrogen-bond acceptors (Lipinski definition) is 7. The molecule has 5 rings (SSSR count). The predicted octanol–water partition coefficient (Wildman–Crippen LogP) is 5.26. The monoisotopic (exact) mass is 763 g/mol. The number of alkyl halides is 1. The van der Waals surface area contributed by atoms with Crippen LogP contribution in [0.1, 0.15) is 69.1 Å². The highest BCUT2D eigenvalue weighted by Gasteiger charge is 2.77. The smallest absolute Gasteiger partial charge is 0.313 e. The van der Waals surface area contributed by atoms with E-state index >= 15 is 0 Å². The van der Waals surface area contributed by atoms with Crippen LogP contribution in [0.4, 0.5) is 0 Å². The molecule has 1 spiro atoms. The van der Waals surface area contributed by atoms with E-state index in [0.29, 0.717) is 44.3 Å². The number of aliphatic hydroxyl groups excluding tert-OH is 1. The molecule has 1 unspecified atom stereocenters. The first-order valence-electron chi connectivity index (χ1n) is 18.0. The summed E-state index contributed by atoms with van der Waals surface area (Å²) in [5, 5.41) is 12.3. The predicted molar refractivity (Wildman–Crippen MR) is 197 cm³/mol. The Hall–Kier alpha value is -3.80. The van der Waals surface area contributed by atoms with Gasteiger partial charge in [-0.2, -0.15) is 0 Å². The molecule has 51 heavy (non-hydrogen) atoms. The second-order valence-corrected chi connectivity index (χ2v) is 15.0. The number of likely N-dealkylation sites (tertiary alicyclic amines) is 1. The second kappa shape index (κ2) is 17.6. The molecular weight excluding hydrogens is 714 g/mol. The summed E-state index contributed by atoms with van der Waals surface area (Å²) in [5.41, 5.74) is 0.397. The van der Waals surface area contributed by atoms with Crippen LogP contribution < -0.4 is 5.32 Å². The molecule has 3 aliphatic rings. The first kappa shape index (κ1) is 38.4. The molecule has 2 bridgehead atoms. The summed E-state index contributed by atoms with van der Waals surface area (Å²) in [6.07, 6.45) is 5.83. The Morgan fingerprint density at radius 3 is 2.43 bits per heavy atom. The minimum absolute atomic E-state index is 0.0949. The molecule has 8 atom stereocenters. The van der Waals surface area contributed by atoms with E-state index in [1.165, 1.54) is 0 Å². The number of hydrogen-bond donors (Lipinski definition) is 2. The Bertz CT molecular complexity index is 1540. The number of nitrogens with one attached hydrogen (secondary N) is 1. The largest absolute Gasteiger partial charge is 0.455 e. The molecule has 3 saturated heterocycles. The fourth-order valence-corrected chi connectivity index (χ4v) is 8.91. The summed E-state index contributed by atoms with van der Waals surface area (Å²) >= 11 is 3.76. The lowest BCUT2D eigenvalue weighted by atomic mass is 9.70. The Morgan fingerprint density at radius 1 is 1.08 bits per heavy atom. The highest BCUT2D eigenvalue weighted by Crippen LogP contribution is 2.60. The summed E-state index contributed by atoms with van der Waals surface area (Å²) in [7, 11) is 0. The van der Waals surface area contributed by atoms with Gasteiger partial charge in [0.1, 0.15) is 17.7 Å². The van der Waals surface area contributed by atoms with Gasteiger partial charge in [-0.15, -0.1) is 13.2 Å². The van der Waals surface area contributed by atoms with E-state index < -0.39 is 47.7 Å². The van der Waals surface area contributed by atoms with Crippen molar-refractivity contribution in [1.82, 2.24) is 15.1 Å². The van der Waals surface area contributed by atoms with Crippen LogP contribution in [0.3, 0.4) is 0 Å². The van der Waals surface area contributed by atoms with Crippen LogP contribution >= 0.6 is 15.9 Å². The number of unbranched alkanes of at least 4 members (excludes halogenated alkanes) is 3. The maximum Gasteiger partial charge on any atom is 0.313 e. The molecule has 3 amide bonds. The third-order valence-electron chi connectivity index (χ3n) is 10.3. The van der Waals surface area contributed by atoms with Crippen LogP contribution in [0.2, 0.25) is 0 Å². The van der Waals surface area contributed by atoms with Crippen molar-refractivity contribution in [3.05, 3.63) is 97.1 Å². The van der Waals surface area contributed by atoms with E-state index in [0.717, 1.165) is 18.4 Å². The van der Waals surface area contributed by atoms with Crippen LogP contribution in [0.15, 0.2) is 86.0 Å². The van der Waals surface area contributed by atoms with Gasteiger partial charge in [0.05, 0.1) is 24.0 Å². The van der Waals surface area contributed by atoms with E-state index in [1.807, 2.05) is 60.7 Å². The van der Waals surface area contributed by atoms with E-state index in [-0.39, 0.29) is 42.1 Å². The quantitative estimate of drug-likeness (QED) is 0.0867. The maximum absolute atomic E-state index is 14.8. The van der Waals surface area contributed by atoms with Gasteiger partial charge in [0.2, 0.25) is 17.7 Å². The zero-order valence-electron chi connectivity index (χ0n) is 29.3. The average Bonchev–Trinajstić information content (AvgIpc) is 3.72. The molecule has 0 radical (unpaired) electrons. The number of halogens is 1. The molecule has 0 saturated carbocycles. The summed E-state index contributed by atoms with van der Waals surface area (Å²) < 4.78 is 13.0. The number of ether oxygens (including phenoxy) is 2. The molecule has 0 aromatic heterocycles. The van der Waals surface area contributed by atoms with Crippen molar-refractivity contribution in [3.63, 3.8) is 0 Å². The Balaban J connectivity index is 1.46. The third-order valence-corrected chi connectivity index (χ3v) is 11.1. The van der Waals surface area contributed by atoms with E-state index in [9.17, 15) is 24.3 Å². The Morgan fingerprint density at radius 2 is 1.76 bits per heavy atom. The normalized spacial score (nSPS) is 25.9. The Kier molecular flexibility index (Phi) is 13.3. The number of carbonyl (C=O) groups is 4. The van der Waals surface area contributed by atoms with Gasteiger partial charge in [-0.25, -0.2) is 0 Å². The van der Waals surface area contributed by atoms with E-state index in [1.54, 1.807) is 28.9 Å². The fraction of sp³-hybridized carbons (Fsp3) is 0.500. The lowest BCUT2D eigenvalue weighted by Gasteiger charge is -2.37. The van der Waals surface area contributed by atoms with Gasteiger partial charge in [0.15, 0.2) is 0 Å². The highest BCUT2D eigenvalue weighted by atomic mass is 79.9. The van der Waals surface area contributed by atoms with Crippen molar-refractivity contribution >= 4 is 39.6 Å². The van der Waals surface area contributed by atoms with E-state index in [2.05, 4.69) is 34.4 Å². The maximum atomic E-state index is 14.8. The van der Waals surface area contributed by atoms with Crippen molar-refractivity contribution < 1.29 is 33.8 Å². The number of nitrogens with zero attached hydrogens (tertiary/aromatic N) is 2. The minimum Gasteiger partial charge on any atom is -0.455 e. The summed E-state index contributed by atoms with van der Waals surface area (Å²) in [6.45, 7) is 10.4. The number of esters is 1. The molecule has 11 heteroatoms. The van der Waals surface area contributed by atoms with Gasteiger partial charge < -0.3 is 29.7 Å². The molecule has 0 aliphatic carbocycles. The van der Waals surface area contributed by atoms with Gasteiger partial charge in [-0.05, 0) is 43.7 Å². The number of aliphatic hydroxyl groups is 1. The lowest BCUT2D eigenvalue weighted by molar-refractivity contribution is -0.162. The van der Waals surface area contributed by atoms with Crippen LogP contribution in [0.25, 0.3) is 0 Å².